The van der Waals surface area contributed by atoms with E-state index in [0.29, 0.717) is 12.1 Å². The molecule has 2 aromatic carbocycles. The Hall–Kier alpha value is -3.30. The van der Waals surface area contributed by atoms with Crippen molar-refractivity contribution in [1.82, 2.24) is 15.5 Å². The number of aliphatic hydroxyl groups is 1. The molecular weight excluding hydrogens is 502 g/mol. The quantitative estimate of drug-likeness (QED) is 0.345. The third-order valence-electron chi connectivity index (χ3n) is 6.67. The molecule has 204 valence electrons. The summed E-state index contributed by atoms with van der Waals surface area (Å²) in [6.07, 6.45) is 3.27. The largest absolute Gasteiger partial charge is 0.508 e. The van der Waals surface area contributed by atoms with Crippen molar-refractivity contribution in [2.45, 2.75) is 63.5 Å². The lowest BCUT2D eigenvalue weighted by Gasteiger charge is -2.33. The zero-order valence-corrected chi connectivity index (χ0v) is 23.1. The maximum absolute atomic E-state index is 13.7. The number of nitrogens with zero attached hydrogens (tertiary/aromatic N) is 1. The van der Waals surface area contributed by atoms with E-state index in [1.807, 2.05) is 63.3 Å². The van der Waals surface area contributed by atoms with Gasteiger partial charge in [-0.15, -0.1) is 11.8 Å². The molecule has 38 heavy (non-hydrogen) atoms. The highest BCUT2D eigenvalue weighted by atomic mass is 32.2. The average molecular weight is 540 g/mol. The fourth-order valence-electron chi connectivity index (χ4n) is 4.49. The van der Waals surface area contributed by atoms with E-state index in [-0.39, 0.29) is 29.5 Å². The van der Waals surface area contributed by atoms with Crippen LogP contribution in [0.15, 0.2) is 60.7 Å². The summed E-state index contributed by atoms with van der Waals surface area (Å²) in [4.78, 5) is 41.4. The number of carbonyl (C=O) groups is 3. The molecule has 1 unspecified atom stereocenters. The number of rotatable bonds is 10. The Morgan fingerprint density at radius 3 is 2.53 bits per heavy atom. The number of allylic oxidation sites excluding steroid dienone is 1. The highest BCUT2D eigenvalue weighted by Gasteiger charge is 2.49. The summed E-state index contributed by atoms with van der Waals surface area (Å²) in [6, 6.07) is 12.1. The van der Waals surface area contributed by atoms with Gasteiger partial charge < -0.3 is 25.7 Å². The van der Waals surface area contributed by atoms with E-state index in [4.69, 9.17) is 0 Å². The lowest BCUT2D eigenvalue weighted by atomic mass is 9.96. The van der Waals surface area contributed by atoms with E-state index in [1.54, 1.807) is 19.1 Å². The van der Waals surface area contributed by atoms with E-state index in [2.05, 4.69) is 10.6 Å². The fraction of sp³-hybridized carbons (Fsp3) is 0.414. The minimum absolute atomic E-state index is 0.0205. The van der Waals surface area contributed by atoms with Gasteiger partial charge in [0.15, 0.2) is 6.10 Å². The molecule has 0 saturated carbocycles. The predicted octanol–water partition coefficient (Wildman–Crippen LogP) is 3.17. The summed E-state index contributed by atoms with van der Waals surface area (Å²) in [5.74, 6) is -1.21. The number of benzene rings is 2. The first-order chi connectivity index (χ1) is 18.1. The first kappa shape index (κ1) is 29.3. The van der Waals surface area contributed by atoms with Gasteiger partial charge >= 0.3 is 0 Å². The number of aromatic hydroxyl groups is 1. The molecule has 3 amide bonds. The van der Waals surface area contributed by atoms with Crippen molar-refractivity contribution >= 4 is 29.5 Å². The summed E-state index contributed by atoms with van der Waals surface area (Å²) in [5, 5.41) is 27.0. The molecule has 8 nitrogen and oxygen atoms in total. The second kappa shape index (κ2) is 13.0. The third-order valence-corrected chi connectivity index (χ3v) is 8.05. The smallest absolute Gasteiger partial charge is 0.254 e. The minimum Gasteiger partial charge on any atom is -0.508 e. The van der Waals surface area contributed by atoms with Gasteiger partial charge in [-0.3, -0.25) is 14.4 Å². The molecule has 1 fully saturated rings. The van der Waals surface area contributed by atoms with Crippen LogP contribution >= 0.6 is 11.8 Å². The molecule has 1 aliphatic rings. The molecule has 1 saturated heterocycles. The van der Waals surface area contributed by atoms with E-state index in [1.165, 1.54) is 22.7 Å². The van der Waals surface area contributed by atoms with E-state index < -0.39 is 34.7 Å². The topological polar surface area (TPSA) is 119 Å². The molecular formula is C29H37N3O5S. The third kappa shape index (κ3) is 6.96. The van der Waals surface area contributed by atoms with Crippen LogP contribution < -0.4 is 10.6 Å². The molecule has 3 atom stereocenters. The Balaban J connectivity index is 1.85. The normalized spacial score (nSPS) is 18.2. The maximum Gasteiger partial charge on any atom is 0.254 e. The van der Waals surface area contributed by atoms with Gasteiger partial charge in [-0.2, -0.15) is 0 Å². The first-order valence-electron chi connectivity index (χ1n) is 12.8. The van der Waals surface area contributed by atoms with Gasteiger partial charge in [-0.05, 0) is 51.3 Å². The molecule has 1 heterocycles. The average Bonchev–Trinajstić information content (AvgIpc) is 3.22. The second-order valence-corrected chi connectivity index (χ2v) is 11.5. The van der Waals surface area contributed by atoms with Crippen molar-refractivity contribution in [2.24, 2.45) is 0 Å². The van der Waals surface area contributed by atoms with Crippen molar-refractivity contribution in [3.63, 3.8) is 0 Å². The summed E-state index contributed by atoms with van der Waals surface area (Å²) in [5.41, 5.74) is 1.47. The van der Waals surface area contributed by atoms with Crippen LogP contribution in [0.5, 0.6) is 5.75 Å². The van der Waals surface area contributed by atoms with Crippen LogP contribution in [0, 0.1) is 6.92 Å². The van der Waals surface area contributed by atoms with Crippen LogP contribution in [0.1, 0.15) is 48.7 Å². The van der Waals surface area contributed by atoms with Gasteiger partial charge in [0, 0.05) is 22.4 Å². The number of phenolic OH excluding ortho intramolecular Hbond substituents is 1. The highest BCUT2D eigenvalue weighted by molar-refractivity contribution is 8.00. The van der Waals surface area contributed by atoms with Gasteiger partial charge in [-0.25, -0.2) is 0 Å². The molecule has 0 spiro atoms. The van der Waals surface area contributed by atoms with Crippen molar-refractivity contribution in [3.8, 4) is 5.75 Å². The monoisotopic (exact) mass is 539 g/mol. The Bertz CT molecular complexity index is 1170. The molecule has 1 aliphatic heterocycles. The van der Waals surface area contributed by atoms with Gasteiger partial charge in [-0.1, -0.05) is 55.5 Å². The zero-order valence-electron chi connectivity index (χ0n) is 22.3. The number of amides is 3. The summed E-state index contributed by atoms with van der Waals surface area (Å²) < 4.78 is -0.565. The minimum atomic E-state index is -1.60. The summed E-state index contributed by atoms with van der Waals surface area (Å²) in [6.45, 7) is 7.78. The lowest BCUT2D eigenvalue weighted by Crippen LogP contribution is -2.58. The Morgan fingerprint density at radius 2 is 1.84 bits per heavy atom. The van der Waals surface area contributed by atoms with Gasteiger partial charge in [0.25, 0.3) is 11.8 Å². The van der Waals surface area contributed by atoms with E-state index >= 15 is 0 Å². The summed E-state index contributed by atoms with van der Waals surface area (Å²) in [7, 11) is 0. The maximum atomic E-state index is 13.7. The molecule has 4 N–H and O–H groups in total. The lowest BCUT2D eigenvalue weighted by molar-refractivity contribution is -0.147. The van der Waals surface area contributed by atoms with Crippen LogP contribution in [0.25, 0.3) is 0 Å². The van der Waals surface area contributed by atoms with Crippen molar-refractivity contribution in [1.29, 1.82) is 0 Å². The second-order valence-electron chi connectivity index (χ2n) is 9.88. The number of hydrogen-bond acceptors (Lipinski definition) is 6. The van der Waals surface area contributed by atoms with Gasteiger partial charge in [0.05, 0.1) is 11.9 Å². The summed E-state index contributed by atoms with van der Waals surface area (Å²) >= 11 is 1.46. The van der Waals surface area contributed by atoms with E-state index in [0.717, 1.165) is 12.0 Å². The number of hydrogen-bond donors (Lipinski definition) is 4. The van der Waals surface area contributed by atoms with Crippen LogP contribution in [0.4, 0.5) is 0 Å². The number of carbonyl (C=O) groups excluding carboxylic acids is 3. The number of aliphatic hydroxyl groups excluding tert-OH is 1. The molecule has 3 rings (SSSR count). The van der Waals surface area contributed by atoms with Crippen LogP contribution in [0.3, 0.4) is 0 Å². The molecule has 0 aliphatic carbocycles. The van der Waals surface area contributed by atoms with Gasteiger partial charge in [0.1, 0.15) is 11.8 Å². The first-order valence-corrected chi connectivity index (χ1v) is 13.7. The van der Waals surface area contributed by atoms with Crippen LogP contribution in [-0.4, -0.2) is 68.2 Å². The standard InChI is InChI=1S/C29H37N3O5S/c1-5-6-10-16-30-27(36)25-29(3,4)38-18-32(25)28(37)24(34)22(17-20-12-8-7-9-13-20)31-26(35)21-14-11-15-23(33)19(21)2/h6-15,22,24-25,33-34H,5,16-18H2,1-4H3,(H,30,36)(H,31,35)/b10-6-/t22-,24-,25?/m0/s1. The highest BCUT2D eigenvalue weighted by Crippen LogP contribution is 2.39. The van der Waals surface area contributed by atoms with Crippen LogP contribution in [0.2, 0.25) is 0 Å². The zero-order chi connectivity index (χ0) is 27.9. The fourth-order valence-corrected chi connectivity index (χ4v) is 5.63. The molecule has 0 radical (unpaired) electrons. The van der Waals surface area contributed by atoms with Gasteiger partial charge in [0.2, 0.25) is 5.91 Å². The number of thioether (sulfide) groups is 1. The molecule has 0 bridgehead atoms. The van der Waals surface area contributed by atoms with Crippen molar-refractivity contribution < 1.29 is 24.6 Å². The Morgan fingerprint density at radius 1 is 1.13 bits per heavy atom. The van der Waals surface area contributed by atoms with E-state index in [9.17, 15) is 24.6 Å². The predicted molar refractivity (Wildman–Crippen MR) is 150 cm³/mol. The molecule has 0 aromatic heterocycles. The number of nitrogens with one attached hydrogen (secondary N) is 2. The molecule has 9 heteroatoms. The number of phenols is 1. The Kier molecular flexibility index (Phi) is 9.99. The molecule has 2 aromatic rings. The van der Waals surface area contributed by atoms with Crippen LogP contribution in [-0.2, 0) is 16.0 Å². The van der Waals surface area contributed by atoms with Crippen molar-refractivity contribution in [3.05, 3.63) is 77.4 Å². The van der Waals surface area contributed by atoms with Crippen molar-refractivity contribution in [2.75, 3.05) is 12.4 Å². The Labute approximate surface area is 228 Å². The SMILES string of the molecule is CC/C=C\CNC(=O)C1N(C(=O)[C@@H](O)[C@H](Cc2ccccc2)NC(=O)c2cccc(O)c2C)CSC1(C)C.